The van der Waals surface area contributed by atoms with Crippen LogP contribution in [-0.4, -0.2) is 41.7 Å². The Morgan fingerprint density at radius 1 is 1.45 bits per heavy atom. The zero-order chi connectivity index (χ0) is 14.4. The number of ether oxygens (including phenoxy) is 1. The fraction of sp³-hybridized carbons (Fsp3) is 0.933. The molecule has 0 aromatic heterocycles. The van der Waals surface area contributed by atoms with Gasteiger partial charge in [0.1, 0.15) is 0 Å². The maximum atomic E-state index is 11.9. The van der Waals surface area contributed by atoms with Crippen LogP contribution in [0.3, 0.4) is 0 Å². The van der Waals surface area contributed by atoms with Crippen LogP contribution in [0.1, 0.15) is 51.9 Å². The highest BCUT2D eigenvalue weighted by molar-refractivity contribution is 7.99. The van der Waals surface area contributed by atoms with Crippen molar-refractivity contribution in [3.8, 4) is 0 Å². The van der Waals surface area contributed by atoms with Crippen molar-refractivity contribution < 1.29 is 9.53 Å². The second-order valence-corrected chi connectivity index (χ2v) is 7.39. The smallest absolute Gasteiger partial charge is 0.237 e. The first kappa shape index (κ1) is 16.1. The molecule has 0 aromatic rings. The van der Waals surface area contributed by atoms with Gasteiger partial charge in [0.2, 0.25) is 5.91 Å². The highest BCUT2D eigenvalue weighted by Crippen LogP contribution is 2.36. The number of carbonyl (C=O) groups is 1. The molecular formula is C15H28N2O2S. The van der Waals surface area contributed by atoms with Crippen LogP contribution in [0.4, 0.5) is 0 Å². The number of nitrogens with one attached hydrogen (secondary N) is 1. The van der Waals surface area contributed by atoms with Gasteiger partial charge in [-0.2, -0.15) is 11.8 Å². The second-order valence-electron chi connectivity index (χ2n) is 6.06. The van der Waals surface area contributed by atoms with Crippen LogP contribution in [-0.2, 0) is 9.53 Å². The number of nitrogens with two attached hydrogens (primary N) is 1. The number of amides is 1. The van der Waals surface area contributed by atoms with Crippen LogP contribution >= 0.6 is 11.8 Å². The third kappa shape index (κ3) is 4.12. The van der Waals surface area contributed by atoms with Crippen molar-refractivity contribution >= 4 is 17.7 Å². The molecule has 1 amide bonds. The summed E-state index contributed by atoms with van der Waals surface area (Å²) in [4.78, 5) is 11.9. The first-order valence-electron chi connectivity index (χ1n) is 7.94. The zero-order valence-corrected chi connectivity index (χ0v) is 13.3. The van der Waals surface area contributed by atoms with Crippen LogP contribution in [0.15, 0.2) is 0 Å². The normalized spacial score (nSPS) is 34.2. The highest BCUT2D eigenvalue weighted by Gasteiger charge is 2.41. The highest BCUT2D eigenvalue weighted by atomic mass is 32.2. The summed E-state index contributed by atoms with van der Waals surface area (Å²) in [5.41, 5.74) is 5.22. The summed E-state index contributed by atoms with van der Waals surface area (Å²) in [7, 11) is 0. The Labute approximate surface area is 126 Å². The van der Waals surface area contributed by atoms with E-state index < -0.39 is 5.54 Å². The van der Waals surface area contributed by atoms with Gasteiger partial charge in [0.05, 0.1) is 11.6 Å². The van der Waals surface area contributed by atoms with Crippen molar-refractivity contribution in [2.24, 2.45) is 5.73 Å². The Kier molecular flexibility index (Phi) is 6.18. The molecule has 1 aliphatic carbocycles. The van der Waals surface area contributed by atoms with Gasteiger partial charge in [0.25, 0.3) is 0 Å². The van der Waals surface area contributed by atoms with Crippen LogP contribution in [0, 0.1) is 0 Å². The topological polar surface area (TPSA) is 64.3 Å². The first-order valence-corrected chi connectivity index (χ1v) is 8.99. The Bertz CT molecular complexity index is 321. The van der Waals surface area contributed by atoms with Gasteiger partial charge in [-0.15, -0.1) is 0 Å². The van der Waals surface area contributed by atoms with Crippen molar-refractivity contribution in [1.82, 2.24) is 5.32 Å². The van der Waals surface area contributed by atoms with Crippen LogP contribution in [0.25, 0.3) is 0 Å². The van der Waals surface area contributed by atoms with Gasteiger partial charge in [-0.3, -0.25) is 4.79 Å². The molecule has 3 atom stereocenters. The van der Waals surface area contributed by atoms with E-state index in [4.69, 9.17) is 10.5 Å². The average Bonchev–Trinajstić information content (AvgIpc) is 2.96. The van der Waals surface area contributed by atoms with E-state index >= 15 is 0 Å². The average molecular weight is 300 g/mol. The van der Waals surface area contributed by atoms with Gasteiger partial charge >= 0.3 is 0 Å². The molecule has 2 aliphatic rings. The molecular weight excluding hydrogens is 272 g/mol. The molecule has 1 heterocycles. The van der Waals surface area contributed by atoms with Crippen LogP contribution < -0.4 is 11.1 Å². The minimum Gasteiger partial charge on any atom is -0.377 e. The van der Waals surface area contributed by atoms with Gasteiger partial charge in [-0.25, -0.2) is 0 Å². The molecule has 116 valence electrons. The lowest BCUT2D eigenvalue weighted by Gasteiger charge is -2.39. The molecule has 5 heteroatoms. The molecule has 3 unspecified atom stereocenters. The molecule has 4 nitrogen and oxygen atoms in total. The van der Waals surface area contributed by atoms with Gasteiger partial charge in [-0.1, -0.05) is 6.92 Å². The number of carbonyl (C=O) groups excluding carboxylic acids is 1. The van der Waals surface area contributed by atoms with E-state index in [0.29, 0.717) is 11.4 Å². The van der Waals surface area contributed by atoms with E-state index in [0.717, 1.165) is 44.6 Å². The number of primary amides is 1. The molecule has 2 rings (SSSR count). The number of thioether (sulfide) groups is 1. The number of hydrogen-bond donors (Lipinski definition) is 2. The second kappa shape index (κ2) is 7.66. The maximum absolute atomic E-state index is 11.9. The van der Waals surface area contributed by atoms with Crippen molar-refractivity contribution in [2.45, 2.75) is 68.8 Å². The summed E-state index contributed by atoms with van der Waals surface area (Å²) in [6.45, 7) is 3.90. The quantitative estimate of drug-likeness (QED) is 0.755. The maximum Gasteiger partial charge on any atom is 0.237 e. The third-order valence-electron chi connectivity index (χ3n) is 4.43. The fourth-order valence-electron chi connectivity index (χ4n) is 3.22. The largest absolute Gasteiger partial charge is 0.377 e. The van der Waals surface area contributed by atoms with E-state index in [9.17, 15) is 4.79 Å². The molecule has 2 fully saturated rings. The fourth-order valence-corrected chi connectivity index (χ4v) is 4.71. The van der Waals surface area contributed by atoms with E-state index in [-0.39, 0.29) is 5.91 Å². The predicted octanol–water partition coefficient (Wildman–Crippen LogP) is 2.06. The summed E-state index contributed by atoms with van der Waals surface area (Å²) in [5, 5.41) is 3.96. The molecule has 0 radical (unpaired) electrons. The van der Waals surface area contributed by atoms with Crippen molar-refractivity contribution in [1.29, 1.82) is 0 Å². The number of hydrogen-bond acceptors (Lipinski definition) is 4. The standard InChI is InChI=1S/C15H28N2O2S/c1-2-8-17-15(14(16)18)7-3-6-13(10-15)20-11-12-5-4-9-19-12/h12-13,17H,2-11H2,1H3,(H2,16,18). The molecule has 0 spiro atoms. The molecule has 1 saturated carbocycles. The Balaban J connectivity index is 1.85. The summed E-state index contributed by atoms with van der Waals surface area (Å²) in [5.74, 6) is 0.890. The first-order chi connectivity index (χ1) is 9.66. The zero-order valence-electron chi connectivity index (χ0n) is 12.5. The van der Waals surface area contributed by atoms with Crippen molar-refractivity contribution in [3.05, 3.63) is 0 Å². The molecule has 0 aromatic carbocycles. The molecule has 1 aliphatic heterocycles. The van der Waals surface area contributed by atoms with Gasteiger partial charge in [0.15, 0.2) is 0 Å². The van der Waals surface area contributed by atoms with E-state index in [1.807, 2.05) is 11.8 Å². The summed E-state index contributed by atoms with van der Waals surface area (Å²) >= 11 is 1.98. The summed E-state index contributed by atoms with van der Waals surface area (Å²) in [6.07, 6.45) is 7.88. The van der Waals surface area contributed by atoms with E-state index in [1.54, 1.807) is 0 Å². The van der Waals surface area contributed by atoms with Gasteiger partial charge in [0, 0.05) is 17.6 Å². The predicted molar refractivity (Wildman–Crippen MR) is 83.9 cm³/mol. The van der Waals surface area contributed by atoms with Crippen LogP contribution in [0.5, 0.6) is 0 Å². The Morgan fingerprint density at radius 2 is 2.30 bits per heavy atom. The van der Waals surface area contributed by atoms with Gasteiger partial charge in [-0.05, 0) is 51.5 Å². The molecule has 0 bridgehead atoms. The Hall–Kier alpha value is -0.260. The molecule has 3 N–H and O–H groups in total. The lowest BCUT2D eigenvalue weighted by molar-refractivity contribution is -0.125. The lowest BCUT2D eigenvalue weighted by Crippen LogP contribution is -2.58. The van der Waals surface area contributed by atoms with Gasteiger partial charge < -0.3 is 15.8 Å². The van der Waals surface area contributed by atoms with E-state index in [2.05, 4.69) is 12.2 Å². The van der Waals surface area contributed by atoms with Crippen molar-refractivity contribution in [2.75, 3.05) is 18.9 Å². The Morgan fingerprint density at radius 3 is 2.95 bits per heavy atom. The summed E-state index contributed by atoms with van der Waals surface area (Å²) < 4.78 is 5.68. The molecule has 20 heavy (non-hydrogen) atoms. The van der Waals surface area contributed by atoms with Crippen LogP contribution in [0.2, 0.25) is 0 Å². The van der Waals surface area contributed by atoms with E-state index in [1.165, 1.54) is 19.3 Å². The monoisotopic (exact) mass is 300 g/mol. The summed E-state index contributed by atoms with van der Waals surface area (Å²) in [6, 6.07) is 0. The minimum absolute atomic E-state index is 0.173. The lowest BCUT2D eigenvalue weighted by atomic mass is 9.80. The van der Waals surface area contributed by atoms with Crippen molar-refractivity contribution in [3.63, 3.8) is 0 Å². The SMILES string of the molecule is CCCNC1(C(N)=O)CCCC(SCC2CCCO2)C1. The number of rotatable bonds is 7. The minimum atomic E-state index is -0.470. The third-order valence-corrected chi connectivity index (χ3v) is 5.87. The molecule has 1 saturated heterocycles.